The molecule has 0 bridgehead atoms. The zero-order chi connectivity index (χ0) is 57.3. The summed E-state index contributed by atoms with van der Waals surface area (Å²) in [6, 6.07) is 97.1. The summed E-state index contributed by atoms with van der Waals surface area (Å²) in [6.07, 6.45) is 0. The lowest BCUT2D eigenvalue weighted by Crippen LogP contribution is -1.99. The standard InChI is InChI=1S/C80H45N5O3/c1-7-25-64-59(22-1)73-67(40-36-56-53-19-4-10-28-70(53)86-77(56)73)83(64)50-34-31-46(32-35-50)76-62-45-48(47-15-13-17-51(43-47)84-65-26-8-2-23-60(65)74-68(84)41-37-57-54-20-5-11-29-71(54)87-78(57)74)33-39-63(62)81-80(82-76)49-16-14-18-52(44-49)85-66-27-9-3-24-61(66)75-69(85)42-38-58-55-21-6-12-30-72(55)88-79(58)75/h1-45H. The van der Waals surface area contributed by atoms with Crippen molar-refractivity contribution in [1.82, 2.24) is 23.7 Å². The molecule has 7 aromatic heterocycles. The molecule has 7 heterocycles. The average Bonchev–Trinajstić information content (AvgIpc) is 1.65. The highest BCUT2D eigenvalue weighted by atomic mass is 16.3. The maximum Gasteiger partial charge on any atom is 0.160 e. The Morgan fingerprint density at radius 1 is 0.239 bits per heavy atom. The molecule has 0 saturated heterocycles. The Morgan fingerprint density at radius 3 is 1.12 bits per heavy atom. The van der Waals surface area contributed by atoms with Crippen LogP contribution >= 0.6 is 0 Å². The molecule has 8 nitrogen and oxygen atoms in total. The van der Waals surface area contributed by atoms with Gasteiger partial charge in [0.25, 0.3) is 0 Å². The monoisotopic (exact) mass is 1120 g/mol. The Labute approximate surface area is 500 Å². The molecule has 0 N–H and O–H groups in total. The highest BCUT2D eigenvalue weighted by Gasteiger charge is 2.24. The molecule has 0 aliphatic carbocycles. The van der Waals surface area contributed by atoms with Crippen LogP contribution in [0.3, 0.4) is 0 Å². The number of benzene rings is 13. The van der Waals surface area contributed by atoms with E-state index in [0.29, 0.717) is 5.82 Å². The number of furan rings is 3. The average molecular weight is 1120 g/mol. The van der Waals surface area contributed by atoms with Gasteiger partial charge in [-0.15, -0.1) is 0 Å². The molecule has 8 heteroatoms. The van der Waals surface area contributed by atoms with Crippen LogP contribution in [0, 0.1) is 0 Å². The van der Waals surface area contributed by atoms with Gasteiger partial charge in [-0.25, -0.2) is 9.97 Å². The van der Waals surface area contributed by atoms with Crippen molar-refractivity contribution in [3.8, 4) is 50.8 Å². The Morgan fingerprint density at radius 2 is 0.636 bits per heavy atom. The molecule has 88 heavy (non-hydrogen) atoms. The molecular formula is C80H45N5O3. The lowest BCUT2D eigenvalue weighted by Gasteiger charge is -2.14. The van der Waals surface area contributed by atoms with Crippen LogP contribution in [0.1, 0.15) is 0 Å². The first kappa shape index (κ1) is 47.4. The summed E-state index contributed by atoms with van der Waals surface area (Å²) in [5.74, 6) is 0.630. The first-order valence-electron chi connectivity index (χ1n) is 29.8. The number of rotatable bonds is 6. The van der Waals surface area contributed by atoms with Crippen molar-refractivity contribution < 1.29 is 13.3 Å². The van der Waals surface area contributed by atoms with Crippen LogP contribution < -0.4 is 0 Å². The molecule has 13 aromatic carbocycles. The van der Waals surface area contributed by atoms with Gasteiger partial charge in [0.2, 0.25) is 0 Å². The van der Waals surface area contributed by atoms with Crippen molar-refractivity contribution in [2.24, 2.45) is 0 Å². The summed E-state index contributed by atoms with van der Waals surface area (Å²) in [4.78, 5) is 11.1. The zero-order valence-electron chi connectivity index (χ0n) is 46.9. The van der Waals surface area contributed by atoms with Crippen molar-refractivity contribution in [3.63, 3.8) is 0 Å². The summed E-state index contributed by atoms with van der Waals surface area (Å²) < 4.78 is 27.1. The topological polar surface area (TPSA) is 80.0 Å². The maximum absolute atomic E-state index is 6.67. The number of fused-ring (bicyclic) bond motifs is 22. The highest BCUT2D eigenvalue weighted by molar-refractivity contribution is 6.26. The summed E-state index contributed by atoms with van der Waals surface area (Å²) in [6.45, 7) is 0. The van der Waals surface area contributed by atoms with E-state index in [1.807, 2.05) is 24.3 Å². The van der Waals surface area contributed by atoms with E-state index < -0.39 is 0 Å². The lowest BCUT2D eigenvalue weighted by molar-refractivity contribution is 0.672. The van der Waals surface area contributed by atoms with Crippen molar-refractivity contribution in [1.29, 1.82) is 0 Å². The van der Waals surface area contributed by atoms with Crippen molar-refractivity contribution in [3.05, 3.63) is 273 Å². The van der Waals surface area contributed by atoms with Crippen LogP contribution in [0.5, 0.6) is 0 Å². The number of nitrogens with zero attached hydrogens (tertiary/aromatic N) is 5. The SMILES string of the molecule is c1cc(-c2ccc3nc(-c4cccc(-n5c6ccccc6c6c7oc8ccccc8c7ccc65)c4)nc(-c4ccc(-n5c6ccccc6c6c7oc8ccccc8c7ccc65)cc4)c3c2)cc(-n2c3ccccc3c3c4oc5ccccc5c4ccc32)c1. The molecule has 408 valence electrons. The third-order valence-electron chi connectivity index (χ3n) is 18.4. The predicted octanol–water partition coefficient (Wildman–Crippen LogP) is 21.6. The fourth-order valence-electron chi connectivity index (χ4n) is 14.6. The smallest absolute Gasteiger partial charge is 0.160 e. The number of para-hydroxylation sites is 6. The summed E-state index contributed by atoms with van der Waals surface area (Å²) >= 11 is 0. The molecule has 0 aliphatic heterocycles. The minimum Gasteiger partial charge on any atom is -0.455 e. The van der Waals surface area contributed by atoms with Gasteiger partial charge >= 0.3 is 0 Å². The van der Waals surface area contributed by atoms with E-state index in [1.54, 1.807) is 0 Å². The van der Waals surface area contributed by atoms with Crippen molar-refractivity contribution >= 4 is 142 Å². The van der Waals surface area contributed by atoms with Crippen LogP contribution in [0.25, 0.3) is 193 Å². The van der Waals surface area contributed by atoms with Crippen LogP contribution in [0.2, 0.25) is 0 Å². The van der Waals surface area contributed by atoms with Gasteiger partial charge in [0.05, 0.1) is 60.5 Å². The van der Waals surface area contributed by atoms with E-state index in [-0.39, 0.29) is 0 Å². The van der Waals surface area contributed by atoms with Gasteiger partial charge in [0, 0.05) is 82.1 Å². The fourth-order valence-corrected chi connectivity index (χ4v) is 14.6. The van der Waals surface area contributed by atoms with Gasteiger partial charge in [-0.05, 0) is 132 Å². The molecule has 20 rings (SSSR count). The minimum absolute atomic E-state index is 0.630. The fraction of sp³-hybridized carbons (Fsp3) is 0. The van der Waals surface area contributed by atoms with Crippen LogP contribution in [-0.2, 0) is 0 Å². The van der Waals surface area contributed by atoms with Gasteiger partial charge < -0.3 is 27.0 Å². The number of hydrogen-bond acceptors (Lipinski definition) is 5. The summed E-state index contributed by atoms with van der Waals surface area (Å²) in [5, 5.41) is 14.3. The van der Waals surface area contributed by atoms with Crippen LogP contribution in [-0.4, -0.2) is 23.7 Å². The molecular weight excluding hydrogens is 1080 g/mol. The first-order chi connectivity index (χ1) is 43.6. The van der Waals surface area contributed by atoms with Gasteiger partial charge in [0.1, 0.15) is 33.5 Å². The van der Waals surface area contributed by atoms with E-state index in [1.165, 1.54) is 0 Å². The summed E-state index contributed by atoms with van der Waals surface area (Å²) in [7, 11) is 0. The Balaban J connectivity index is 0.761. The second-order valence-corrected chi connectivity index (χ2v) is 23.1. The Bertz CT molecular complexity index is 6380. The number of aromatic nitrogens is 5. The maximum atomic E-state index is 6.67. The quantitative estimate of drug-likeness (QED) is 0.166. The summed E-state index contributed by atoms with van der Waals surface area (Å²) in [5.41, 5.74) is 20.6. The number of hydrogen-bond donors (Lipinski definition) is 0. The zero-order valence-corrected chi connectivity index (χ0v) is 46.9. The van der Waals surface area contributed by atoms with E-state index >= 15 is 0 Å². The van der Waals surface area contributed by atoms with E-state index in [2.05, 4.69) is 262 Å². The van der Waals surface area contributed by atoms with Gasteiger partial charge in [-0.3, -0.25) is 0 Å². The Hall–Kier alpha value is -12.0. The van der Waals surface area contributed by atoms with E-state index in [4.69, 9.17) is 23.2 Å². The molecule has 0 amide bonds. The van der Waals surface area contributed by atoms with Gasteiger partial charge in [-0.1, -0.05) is 152 Å². The minimum atomic E-state index is 0.630. The van der Waals surface area contributed by atoms with Crippen molar-refractivity contribution in [2.45, 2.75) is 0 Å². The first-order valence-corrected chi connectivity index (χ1v) is 29.8. The molecule has 0 fully saturated rings. The predicted molar refractivity (Wildman–Crippen MR) is 361 cm³/mol. The second-order valence-electron chi connectivity index (χ2n) is 23.1. The largest absolute Gasteiger partial charge is 0.455 e. The van der Waals surface area contributed by atoms with E-state index in [0.717, 1.165) is 187 Å². The normalized spacial score (nSPS) is 12.3. The van der Waals surface area contributed by atoms with Crippen LogP contribution in [0.15, 0.2) is 286 Å². The molecule has 0 unspecified atom stereocenters. The molecule has 0 saturated carbocycles. The lowest BCUT2D eigenvalue weighted by atomic mass is 9.99. The van der Waals surface area contributed by atoms with E-state index in [9.17, 15) is 0 Å². The molecule has 20 aromatic rings. The van der Waals surface area contributed by atoms with Crippen LogP contribution in [0.4, 0.5) is 0 Å². The Kier molecular flexibility index (Phi) is 9.57. The second kappa shape index (κ2) is 17.8. The highest BCUT2D eigenvalue weighted by Crippen LogP contribution is 2.45. The molecule has 0 aliphatic rings. The molecule has 0 radical (unpaired) electrons. The van der Waals surface area contributed by atoms with Gasteiger partial charge in [-0.2, -0.15) is 0 Å². The third-order valence-corrected chi connectivity index (χ3v) is 18.4. The van der Waals surface area contributed by atoms with Crippen molar-refractivity contribution in [2.75, 3.05) is 0 Å². The molecule has 0 spiro atoms. The molecule has 0 atom stereocenters. The van der Waals surface area contributed by atoms with Gasteiger partial charge in [0.15, 0.2) is 5.82 Å². The third kappa shape index (κ3) is 6.62.